The van der Waals surface area contributed by atoms with Crippen molar-refractivity contribution in [2.24, 2.45) is 10.7 Å². The average Bonchev–Trinajstić information content (AvgIpc) is 3.64. The molecule has 2 aromatic rings. The van der Waals surface area contributed by atoms with Gasteiger partial charge in [-0.05, 0) is 43.2 Å². The van der Waals surface area contributed by atoms with E-state index < -0.39 is 23.2 Å². The Bertz CT molecular complexity index is 1270. The summed E-state index contributed by atoms with van der Waals surface area (Å²) in [5, 5.41) is 8.16. The van der Waals surface area contributed by atoms with E-state index >= 15 is 0 Å². The lowest BCUT2D eigenvalue weighted by molar-refractivity contribution is -0.137. The molecular weight excluding hydrogens is 567 g/mol. The third-order valence-corrected chi connectivity index (χ3v) is 6.16. The molecule has 0 atom stereocenters. The Morgan fingerprint density at radius 1 is 1.26 bits per heavy atom. The van der Waals surface area contributed by atoms with Crippen molar-refractivity contribution in [1.82, 2.24) is 20.5 Å². The van der Waals surface area contributed by atoms with Crippen LogP contribution in [0.2, 0.25) is 0 Å². The van der Waals surface area contributed by atoms with Crippen LogP contribution < -0.4 is 21.7 Å². The lowest BCUT2D eigenvalue weighted by Gasteiger charge is -2.18. The van der Waals surface area contributed by atoms with E-state index in [1.807, 2.05) is 0 Å². The molecule has 202 valence electrons. The van der Waals surface area contributed by atoms with E-state index in [-0.39, 0.29) is 23.7 Å². The minimum absolute atomic E-state index is 0.0620. The summed E-state index contributed by atoms with van der Waals surface area (Å²) >= 11 is 3.05. The standard InChI is InChI=1S/C25H27BrF3N7O2/c1-15(36(2)3)31-12-16(11-30)22(37)35-24(8-9-24)23(38)33-13-18-5-6-19(14-32-18)34-21-7-4-17(26)10-20(21)25(27,28)29/h4-7,10-12,14,34H,1,8-9,13,30H2,2-3H3,(H,33,38)(H,35,37)/b16-11+,31-12?. The van der Waals surface area contributed by atoms with Crippen molar-refractivity contribution in [3.63, 3.8) is 0 Å². The number of aliphatic imine (C=N–C) groups is 1. The number of nitrogens with zero attached hydrogens (tertiary/aromatic N) is 3. The molecule has 0 bridgehead atoms. The number of alkyl halides is 3. The Morgan fingerprint density at radius 3 is 2.53 bits per heavy atom. The fourth-order valence-corrected chi connectivity index (χ4v) is 3.58. The van der Waals surface area contributed by atoms with E-state index in [1.54, 1.807) is 31.1 Å². The van der Waals surface area contributed by atoms with Gasteiger partial charge in [-0.3, -0.25) is 14.6 Å². The number of amides is 2. The van der Waals surface area contributed by atoms with Crippen molar-refractivity contribution in [1.29, 1.82) is 0 Å². The number of nitrogens with one attached hydrogen (secondary N) is 3. The number of anilines is 2. The maximum Gasteiger partial charge on any atom is 0.418 e. The zero-order valence-electron chi connectivity index (χ0n) is 20.7. The summed E-state index contributed by atoms with van der Waals surface area (Å²) in [7, 11) is 3.50. The van der Waals surface area contributed by atoms with Crippen molar-refractivity contribution < 1.29 is 22.8 Å². The molecule has 1 aliphatic carbocycles. The van der Waals surface area contributed by atoms with E-state index in [4.69, 9.17) is 5.73 Å². The Hall–Kier alpha value is -3.87. The van der Waals surface area contributed by atoms with Crippen molar-refractivity contribution in [3.8, 4) is 0 Å². The van der Waals surface area contributed by atoms with Crippen LogP contribution in [0.1, 0.15) is 24.1 Å². The molecule has 9 nitrogen and oxygen atoms in total. The van der Waals surface area contributed by atoms with Crippen LogP contribution >= 0.6 is 15.9 Å². The molecule has 38 heavy (non-hydrogen) atoms. The first-order valence-corrected chi connectivity index (χ1v) is 12.2. The molecule has 1 saturated carbocycles. The van der Waals surface area contributed by atoms with Gasteiger partial charge in [0.15, 0.2) is 0 Å². The zero-order chi connectivity index (χ0) is 28.1. The van der Waals surface area contributed by atoms with Gasteiger partial charge in [0.1, 0.15) is 11.4 Å². The van der Waals surface area contributed by atoms with Gasteiger partial charge < -0.3 is 26.6 Å². The van der Waals surface area contributed by atoms with Crippen molar-refractivity contribution in [2.75, 3.05) is 19.4 Å². The number of carbonyl (C=O) groups is 2. The van der Waals surface area contributed by atoms with Gasteiger partial charge in [0.05, 0.1) is 40.9 Å². The zero-order valence-corrected chi connectivity index (χ0v) is 22.3. The number of pyridine rings is 1. The minimum Gasteiger partial charge on any atom is -0.404 e. The number of aromatic nitrogens is 1. The molecule has 0 aliphatic heterocycles. The lowest BCUT2D eigenvalue weighted by Crippen LogP contribution is -2.49. The van der Waals surface area contributed by atoms with Crippen molar-refractivity contribution in [2.45, 2.75) is 31.1 Å². The maximum absolute atomic E-state index is 13.4. The second-order valence-electron chi connectivity index (χ2n) is 8.76. The molecule has 1 aliphatic rings. The van der Waals surface area contributed by atoms with Gasteiger partial charge in [0, 0.05) is 31.0 Å². The van der Waals surface area contributed by atoms with E-state index in [0.717, 1.165) is 12.3 Å². The molecule has 3 rings (SSSR count). The minimum atomic E-state index is -4.54. The highest BCUT2D eigenvalue weighted by atomic mass is 79.9. The molecule has 0 spiro atoms. The first kappa shape index (κ1) is 28.7. The van der Waals surface area contributed by atoms with Crippen LogP contribution in [-0.2, 0) is 22.3 Å². The van der Waals surface area contributed by atoms with Gasteiger partial charge in [-0.1, -0.05) is 22.5 Å². The number of hydrogen-bond acceptors (Lipinski definition) is 7. The van der Waals surface area contributed by atoms with Crippen LogP contribution in [0.25, 0.3) is 0 Å². The highest BCUT2D eigenvalue weighted by Crippen LogP contribution is 2.38. The second-order valence-corrected chi connectivity index (χ2v) is 9.68. The van der Waals surface area contributed by atoms with E-state index in [2.05, 4.69) is 48.4 Å². The fourth-order valence-electron chi connectivity index (χ4n) is 3.22. The van der Waals surface area contributed by atoms with Crippen LogP contribution in [0.4, 0.5) is 24.5 Å². The number of halogens is 4. The average molecular weight is 594 g/mol. The molecule has 13 heteroatoms. The quantitative estimate of drug-likeness (QED) is 0.245. The van der Waals surface area contributed by atoms with Crippen LogP contribution in [0.3, 0.4) is 0 Å². The van der Waals surface area contributed by atoms with Gasteiger partial charge in [-0.15, -0.1) is 0 Å². The van der Waals surface area contributed by atoms with Crippen molar-refractivity contribution in [3.05, 3.63) is 76.4 Å². The normalized spacial score (nSPS) is 14.6. The highest BCUT2D eigenvalue weighted by molar-refractivity contribution is 9.10. The topological polar surface area (TPSA) is 125 Å². The molecule has 1 aromatic heterocycles. The SMILES string of the molecule is C=C(N=C/C(=C\N)C(=O)NC1(C(=O)NCc2ccc(Nc3ccc(Br)cc3C(F)(F)F)cn2)CC1)N(C)C. The first-order chi connectivity index (χ1) is 17.8. The fraction of sp³-hybridized carbons (Fsp3) is 0.280. The monoisotopic (exact) mass is 593 g/mol. The van der Waals surface area contributed by atoms with Gasteiger partial charge in [0.25, 0.3) is 5.91 Å². The molecule has 0 saturated heterocycles. The van der Waals surface area contributed by atoms with E-state index in [1.165, 1.54) is 24.5 Å². The Balaban J connectivity index is 1.58. The summed E-state index contributed by atoms with van der Waals surface area (Å²) in [6.07, 6.45) is 0.117. The van der Waals surface area contributed by atoms with Crippen LogP contribution in [0, 0.1) is 0 Å². The lowest BCUT2D eigenvalue weighted by atomic mass is 10.1. The molecule has 1 fully saturated rings. The number of hydrogen-bond donors (Lipinski definition) is 4. The molecule has 2 amide bonds. The van der Waals surface area contributed by atoms with Crippen LogP contribution in [0.5, 0.6) is 0 Å². The van der Waals surface area contributed by atoms with Gasteiger partial charge >= 0.3 is 6.18 Å². The summed E-state index contributed by atoms with van der Waals surface area (Å²) in [6, 6.07) is 6.95. The van der Waals surface area contributed by atoms with Crippen LogP contribution in [-0.4, -0.2) is 47.5 Å². The third kappa shape index (κ3) is 7.34. The first-order valence-electron chi connectivity index (χ1n) is 11.4. The van der Waals surface area contributed by atoms with E-state index in [9.17, 15) is 22.8 Å². The summed E-state index contributed by atoms with van der Waals surface area (Å²) < 4.78 is 40.4. The summed E-state index contributed by atoms with van der Waals surface area (Å²) in [5.41, 5.74) is 4.47. The maximum atomic E-state index is 13.4. The molecule has 0 radical (unpaired) electrons. The Labute approximate surface area is 226 Å². The smallest absolute Gasteiger partial charge is 0.404 e. The molecule has 5 N–H and O–H groups in total. The molecule has 1 heterocycles. The number of rotatable bonds is 10. The number of nitrogens with two attached hydrogens (primary N) is 1. The summed E-state index contributed by atoms with van der Waals surface area (Å²) in [6.45, 7) is 3.80. The largest absolute Gasteiger partial charge is 0.418 e. The second kappa shape index (κ2) is 11.7. The number of carbonyl (C=O) groups excluding carboxylic acids is 2. The highest BCUT2D eigenvalue weighted by Gasteiger charge is 2.51. The Kier molecular flexibility index (Phi) is 8.82. The summed E-state index contributed by atoms with van der Waals surface area (Å²) in [5.74, 6) is -0.511. The predicted molar refractivity (Wildman–Crippen MR) is 142 cm³/mol. The summed E-state index contributed by atoms with van der Waals surface area (Å²) in [4.78, 5) is 35.3. The Morgan fingerprint density at radius 2 is 1.97 bits per heavy atom. The molecule has 0 unspecified atom stereocenters. The molecular formula is C25H27BrF3N7O2. The van der Waals surface area contributed by atoms with E-state index in [0.29, 0.717) is 34.5 Å². The van der Waals surface area contributed by atoms with Gasteiger partial charge in [-0.25, -0.2) is 4.99 Å². The predicted octanol–water partition coefficient (Wildman–Crippen LogP) is 3.82. The number of benzene rings is 1. The van der Waals surface area contributed by atoms with Crippen LogP contribution in [0.15, 0.2) is 70.2 Å². The third-order valence-electron chi connectivity index (χ3n) is 5.67. The van der Waals surface area contributed by atoms with Gasteiger partial charge in [0.2, 0.25) is 5.91 Å². The van der Waals surface area contributed by atoms with Crippen molar-refractivity contribution >= 4 is 45.3 Å². The van der Waals surface area contributed by atoms with Gasteiger partial charge in [-0.2, -0.15) is 13.2 Å². The molecule has 1 aromatic carbocycles.